The van der Waals surface area contributed by atoms with E-state index >= 15 is 0 Å². The van der Waals surface area contributed by atoms with E-state index in [0.717, 1.165) is 45.8 Å². The number of amides is 1. The van der Waals surface area contributed by atoms with Crippen LogP contribution in [0.4, 0.5) is 5.82 Å². The molecule has 25 heavy (non-hydrogen) atoms. The molecule has 0 radical (unpaired) electrons. The first-order valence-electron chi connectivity index (χ1n) is 8.28. The van der Waals surface area contributed by atoms with Crippen LogP contribution in [0.2, 0.25) is 0 Å². The van der Waals surface area contributed by atoms with Crippen LogP contribution in [0.1, 0.15) is 12.8 Å². The predicted molar refractivity (Wildman–Crippen MR) is 96.0 cm³/mol. The van der Waals surface area contributed by atoms with Crippen molar-refractivity contribution >= 4 is 33.5 Å². The molecule has 2 aromatic carbocycles. The molecule has 2 heterocycles. The van der Waals surface area contributed by atoms with Gasteiger partial charge in [-0.3, -0.25) is 4.79 Å². The monoisotopic (exact) mass is 329 g/mol. The molecule has 1 aliphatic rings. The Morgan fingerprint density at radius 1 is 1.08 bits per heavy atom. The van der Waals surface area contributed by atoms with E-state index in [2.05, 4.69) is 37.8 Å². The highest BCUT2D eigenvalue weighted by Gasteiger charge is 2.29. The van der Waals surface area contributed by atoms with Crippen LogP contribution in [0, 0.1) is 5.92 Å². The van der Waals surface area contributed by atoms with Crippen molar-refractivity contribution in [1.29, 1.82) is 0 Å². The summed E-state index contributed by atoms with van der Waals surface area (Å²) in [5, 5.41) is 16.0. The van der Waals surface area contributed by atoms with E-state index in [1.165, 1.54) is 0 Å². The molecule has 2 N–H and O–H groups in total. The van der Waals surface area contributed by atoms with Crippen LogP contribution in [0.25, 0.3) is 32.9 Å². The van der Waals surface area contributed by atoms with Crippen molar-refractivity contribution in [3.63, 3.8) is 0 Å². The molecule has 1 saturated carbocycles. The van der Waals surface area contributed by atoms with Crippen molar-refractivity contribution in [2.24, 2.45) is 5.92 Å². The highest BCUT2D eigenvalue weighted by molar-refractivity contribution is 5.97. The third-order valence-electron chi connectivity index (χ3n) is 4.58. The van der Waals surface area contributed by atoms with Gasteiger partial charge in [0.2, 0.25) is 5.91 Å². The molecule has 0 unspecified atom stereocenters. The maximum Gasteiger partial charge on any atom is 0.228 e. The van der Waals surface area contributed by atoms with Gasteiger partial charge in [0.15, 0.2) is 0 Å². The molecule has 1 aliphatic carbocycles. The molecule has 0 bridgehead atoms. The molecule has 6 heteroatoms. The Hall–Kier alpha value is -3.28. The summed E-state index contributed by atoms with van der Waals surface area (Å²) < 4.78 is 0. The van der Waals surface area contributed by atoms with Crippen LogP contribution < -0.4 is 5.32 Å². The Balaban J connectivity index is 1.53. The molecule has 4 aromatic rings. The number of benzene rings is 2. The average Bonchev–Trinajstić information content (AvgIpc) is 3.38. The molecule has 0 saturated heterocycles. The SMILES string of the molecule is O=C(Nc1cc2ccc(-c3cccc4n[nH]nc34)cc2cn1)C1CC1. The summed E-state index contributed by atoms with van der Waals surface area (Å²) in [6, 6.07) is 14.0. The first kappa shape index (κ1) is 14.1. The van der Waals surface area contributed by atoms with Crippen LogP contribution in [-0.4, -0.2) is 26.3 Å². The lowest BCUT2D eigenvalue weighted by Crippen LogP contribution is -2.14. The summed E-state index contributed by atoms with van der Waals surface area (Å²) in [6.45, 7) is 0. The summed E-state index contributed by atoms with van der Waals surface area (Å²) in [7, 11) is 0. The smallest absolute Gasteiger partial charge is 0.228 e. The number of nitrogens with one attached hydrogen (secondary N) is 2. The van der Waals surface area contributed by atoms with Crippen molar-refractivity contribution in [1.82, 2.24) is 20.4 Å². The van der Waals surface area contributed by atoms with Crippen LogP contribution in [-0.2, 0) is 4.79 Å². The van der Waals surface area contributed by atoms with Gasteiger partial charge in [-0.1, -0.05) is 24.3 Å². The lowest BCUT2D eigenvalue weighted by Gasteiger charge is -2.07. The zero-order valence-corrected chi connectivity index (χ0v) is 13.4. The van der Waals surface area contributed by atoms with Crippen molar-refractivity contribution in [2.75, 3.05) is 5.32 Å². The van der Waals surface area contributed by atoms with E-state index < -0.39 is 0 Å². The van der Waals surface area contributed by atoms with Crippen LogP contribution in [0.3, 0.4) is 0 Å². The largest absolute Gasteiger partial charge is 0.310 e. The molecule has 0 aliphatic heterocycles. The summed E-state index contributed by atoms with van der Waals surface area (Å²) in [4.78, 5) is 16.3. The summed E-state index contributed by atoms with van der Waals surface area (Å²) in [5.74, 6) is 0.847. The summed E-state index contributed by atoms with van der Waals surface area (Å²) in [6.07, 6.45) is 3.76. The highest BCUT2D eigenvalue weighted by atomic mass is 16.2. The van der Waals surface area contributed by atoms with Gasteiger partial charge in [-0.05, 0) is 42.0 Å². The van der Waals surface area contributed by atoms with Gasteiger partial charge in [0.05, 0.1) is 0 Å². The number of fused-ring (bicyclic) bond motifs is 2. The fourth-order valence-corrected chi connectivity index (χ4v) is 3.05. The highest BCUT2D eigenvalue weighted by Crippen LogP contribution is 2.31. The van der Waals surface area contributed by atoms with E-state index in [-0.39, 0.29) is 11.8 Å². The molecule has 6 nitrogen and oxygen atoms in total. The van der Waals surface area contributed by atoms with Crippen LogP contribution in [0.15, 0.2) is 48.7 Å². The van der Waals surface area contributed by atoms with Crippen molar-refractivity contribution in [3.05, 3.63) is 48.7 Å². The molecule has 1 amide bonds. The molecular formula is C19H15N5O. The molecule has 1 fully saturated rings. The number of aromatic nitrogens is 4. The van der Waals surface area contributed by atoms with Crippen molar-refractivity contribution < 1.29 is 4.79 Å². The molecule has 0 spiro atoms. The quantitative estimate of drug-likeness (QED) is 0.602. The van der Waals surface area contributed by atoms with Crippen molar-refractivity contribution in [3.8, 4) is 11.1 Å². The van der Waals surface area contributed by atoms with Gasteiger partial charge in [-0.15, -0.1) is 0 Å². The Kier molecular flexibility index (Phi) is 3.03. The predicted octanol–water partition coefficient (Wildman–Crippen LogP) is 3.52. The van der Waals surface area contributed by atoms with Gasteiger partial charge < -0.3 is 5.32 Å². The number of carbonyl (C=O) groups is 1. The van der Waals surface area contributed by atoms with Gasteiger partial charge in [0.25, 0.3) is 0 Å². The number of hydrogen-bond acceptors (Lipinski definition) is 4. The number of rotatable bonds is 3. The first-order valence-corrected chi connectivity index (χ1v) is 8.28. The summed E-state index contributed by atoms with van der Waals surface area (Å²) >= 11 is 0. The minimum Gasteiger partial charge on any atom is -0.310 e. The van der Waals surface area contributed by atoms with E-state index in [1.807, 2.05) is 30.3 Å². The number of anilines is 1. The third kappa shape index (κ3) is 2.52. The van der Waals surface area contributed by atoms with Crippen molar-refractivity contribution in [2.45, 2.75) is 12.8 Å². The van der Waals surface area contributed by atoms with Gasteiger partial charge in [0.1, 0.15) is 16.9 Å². The second-order valence-corrected chi connectivity index (χ2v) is 6.39. The number of para-hydroxylation sites is 1. The molecular weight excluding hydrogens is 314 g/mol. The fourth-order valence-electron chi connectivity index (χ4n) is 3.05. The Labute approximate surface area is 143 Å². The Morgan fingerprint density at radius 2 is 2.00 bits per heavy atom. The standard InChI is InChI=1S/C19H15N5O/c25-19(11-4-5-11)21-17-9-12-6-7-13(8-14(12)10-20-17)15-2-1-3-16-18(15)23-24-22-16/h1-3,6-11H,4-5H2,(H,20,21,25)(H,22,23,24). The minimum absolute atomic E-state index is 0.0705. The topological polar surface area (TPSA) is 83.6 Å². The van der Waals surface area contributed by atoms with Gasteiger partial charge in [-0.2, -0.15) is 15.4 Å². The normalized spacial score (nSPS) is 14.1. The van der Waals surface area contributed by atoms with Gasteiger partial charge >= 0.3 is 0 Å². The second-order valence-electron chi connectivity index (χ2n) is 6.39. The number of carbonyl (C=O) groups excluding carboxylic acids is 1. The van der Waals surface area contributed by atoms with Gasteiger partial charge in [-0.25, -0.2) is 4.98 Å². The second kappa shape index (κ2) is 5.37. The lowest BCUT2D eigenvalue weighted by atomic mass is 10.0. The zero-order chi connectivity index (χ0) is 16.8. The maximum atomic E-state index is 11.9. The number of H-pyrrole nitrogens is 1. The Morgan fingerprint density at radius 3 is 2.88 bits per heavy atom. The van der Waals surface area contributed by atoms with E-state index in [0.29, 0.717) is 5.82 Å². The number of nitrogens with zero attached hydrogens (tertiary/aromatic N) is 3. The van der Waals surface area contributed by atoms with Crippen LogP contribution >= 0.6 is 0 Å². The van der Waals surface area contributed by atoms with E-state index in [4.69, 9.17) is 0 Å². The maximum absolute atomic E-state index is 11.9. The number of aromatic amines is 1. The van der Waals surface area contributed by atoms with E-state index in [9.17, 15) is 4.79 Å². The third-order valence-corrected chi connectivity index (χ3v) is 4.58. The van der Waals surface area contributed by atoms with Crippen LogP contribution in [0.5, 0.6) is 0 Å². The zero-order valence-electron chi connectivity index (χ0n) is 13.4. The number of hydrogen-bond donors (Lipinski definition) is 2. The molecule has 122 valence electrons. The molecule has 5 rings (SSSR count). The lowest BCUT2D eigenvalue weighted by molar-refractivity contribution is -0.117. The summed E-state index contributed by atoms with van der Waals surface area (Å²) in [5.41, 5.74) is 3.78. The molecule has 2 aromatic heterocycles. The first-order chi connectivity index (χ1) is 12.3. The average molecular weight is 329 g/mol. The molecule has 0 atom stereocenters. The number of pyridine rings is 1. The minimum atomic E-state index is 0.0705. The van der Waals surface area contributed by atoms with E-state index in [1.54, 1.807) is 6.20 Å². The Bertz CT molecular complexity index is 1110. The fraction of sp³-hybridized carbons (Fsp3) is 0.158. The van der Waals surface area contributed by atoms with Gasteiger partial charge in [0, 0.05) is 23.1 Å².